The fourth-order valence-corrected chi connectivity index (χ4v) is 3.15. The summed E-state index contributed by atoms with van der Waals surface area (Å²) in [5.74, 6) is 0.920. The molecule has 1 nitrogen and oxygen atoms in total. The highest BCUT2D eigenvalue weighted by molar-refractivity contribution is 4.90. The van der Waals surface area contributed by atoms with Gasteiger partial charge in [0.2, 0.25) is 0 Å². The van der Waals surface area contributed by atoms with Crippen LogP contribution in [0.3, 0.4) is 0 Å². The molecule has 0 N–H and O–H groups in total. The van der Waals surface area contributed by atoms with Gasteiger partial charge < -0.3 is 4.90 Å². The van der Waals surface area contributed by atoms with Crippen LogP contribution in [-0.4, -0.2) is 24.0 Å². The first kappa shape index (κ1) is 9.51. The van der Waals surface area contributed by atoms with Crippen LogP contribution in [0, 0.1) is 11.3 Å². The molecule has 2 atom stereocenters. The minimum absolute atomic E-state index is 0.612. The van der Waals surface area contributed by atoms with Gasteiger partial charge in [0.15, 0.2) is 0 Å². The van der Waals surface area contributed by atoms with Gasteiger partial charge in [-0.1, -0.05) is 20.8 Å². The van der Waals surface area contributed by atoms with Crippen LogP contribution in [0.1, 0.15) is 46.5 Å². The summed E-state index contributed by atoms with van der Waals surface area (Å²) in [7, 11) is 0. The largest absolute Gasteiger partial charge is 0.300 e. The maximum atomic E-state index is 2.69. The molecule has 1 heteroatoms. The van der Waals surface area contributed by atoms with E-state index in [-0.39, 0.29) is 0 Å². The third-order valence-electron chi connectivity index (χ3n) is 4.01. The normalized spacial score (nSPS) is 39.9. The van der Waals surface area contributed by atoms with Crippen molar-refractivity contribution in [3.05, 3.63) is 0 Å². The Morgan fingerprint density at radius 3 is 2.38 bits per heavy atom. The molecule has 0 amide bonds. The van der Waals surface area contributed by atoms with Gasteiger partial charge in [-0.3, -0.25) is 0 Å². The lowest BCUT2D eigenvalue weighted by molar-refractivity contribution is 0.0233. The summed E-state index contributed by atoms with van der Waals surface area (Å²) < 4.78 is 0. The zero-order valence-electron chi connectivity index (χ0n) is 9.34. The molecule has 0 bridgehead atoms. The van der Waals surface area contributed by atoms with Crippen molar-refractivity contribution < 1.29 is 0 Å². The van der Waals surface area contributed by atoms with E-state index in [2.05, 4.69) is 25.7 Å². The van der Waals surface area contributed by atoms with E-state index in [4.69, 9.17) is 0 Å². The molecule has 2 fully saturated rings. The Kier molecular flexibility index (Phi) is 2.39. The second-order valence-corrected chi connectivity index (χ2v) is 5.84. The highest BCUT2D eigenvalue weighted by Crippen LogP contribution is 2.41. The first-order valence-corrected chi connectivity index (χ1v) is 5.82. The molecule has 2 aliphatic rings. The lowest BCUT2D eigenvalue weighted by atomic mass is 9.70. The molecule has 76 valence electrons. The van der Waals surface area contributed by atoms with E-state index in [0.29, 0.717) is 5.41 Å². The molecule has 0 spiro atoms. The topological polar surface area (TPSA) is 3.24 Å². The van der Waals surface area contributed by atoms with Crippen LogP contribution < -0.4 is 0 Å². The van der Waals surface area contributed by atoms with Gasteiger partial charge in [-0.05, 0) is 50.1 Å². The number of rotatable bonds is 1. The van der Waals surface area contributed by atoms with Crippen molar-refractivity contribution in [2.75, 3.05) is 13.1 Å². The third kappa shape index (κ3) is 1.90. The number of likely N-dealkylation sites (tertiary alicyclic amines) is 1. The zero-order valence-corrected chi connectivity index (χ0v) is 9.34. The van der Waals surface area contributed by atoms with Crippen molar-refractivity contribution in [3.8, 4) is 0 Å². The standard InChI is InChI=1S/C12H23N/c1-10-9-12(2,3)6-5-11(10)13-7-4-8-13/h10-11H,4-9H2,1-3H3. The highest BCUT2D eigenvalue weighted by atomic mass is 15.2. The Bertz CT molecular complexity index is 182. The monoisotopic (exact) mass is 181 g/mol. The SMILES string of the molecule is CC1CC(C)(C)CCC1N1CCC1. The lowest BCUT2D eigenvalue weighted by Crippen LogP contribution is -2.50. The van der Waals surface area contributed by atoms with Gasteiger partial charge in [0.25, 0.3) is 0 Å². The summed E-state index contributed by atoms with van der Waals surface area (Å²) in [6.07, 6.45) is 5.73. The second-order valence-electron chi connectivity index (χ2n) is 5.84. The van der Waals surface area contributed by atoms with E-state index in [1.54, 1.807) is 0 Å². The molecule has 2 rings (SSSR count). The van der Waals surface area contributed by atoms with Crippen molar-refractivity contribution in [3.63, 3.8) is 0 Å². The predicted octanol–water partition coefficient (Wildman–Crippen LogP) is 2.91. The van der Waals surface area contributed by atoms with Crippen molar-refractivity contribution >= 4 is 0 Å². The summed E-state index contributed by atoms with van der Waals surface area (Å²) in [6.45, 7) is 10.0. The average molecular weight is 181 g/mol. The molecule has 0 radical (unpaired) electrons. The van der Waals surface area contributed by atoms with Gasteiger partial charge in [-0.15, -0.1) is 0 Å². The van der Waals surface area contributed by atoms with E-state index in [1.165, 1.54) is 38.8 Å². The summed E-state index contributed by atoms with van der Waals surface area (Å²) in [5.41, 5.74) is 0.612. The Labute approximate surface area is 82.5 Å². The number of hydrogen-bond acceptors (Lipinski definition) is 1. The first-order valence-electron chi connectivity index (χ1n) is 5.82. The smallest absolute Gasteiger partial charge is 0.0121 e. The van der Waals surface area contributed by atoms with Crippen molar-refractivity contribution in [2.45, 2.75) is 52.5 Å². The van der Waals surface area contributed by atoms with E-state index in [9.17, 15) is 0 Å². The van der Waals surface area contributed by atoms with E-state index in [1.807, 2.05) is 0 Å². The van der Waals surface area contributed by atoms with Gasteiger partial charge in [0.1, 0.15) is 0 Å². The summed E-state index contributed by atoms with van der Waals surface area (Å²) in [5, 5.41) is 0. The molecule has 2 unspecified atom stereocenters. The Hall–Kier alpha value is -0.0400. The minimum Gasteiger partial charge on any atom is -0.300 e. The summed E-state index contributed by atoms with van der Waals surface area (Å²) in [6, 6.07) is 0.918. The van der Waals surface area contributed by atoms with Gasteiger partial charge in [-0.2, -0.15) is 0 Å². The van der Waals surface area contributed by atoms with E-state index >= 15 is 0 Å². The summed E-state index contributed by atoms with van der Waals surface area (Å²) >= 11 is 0. The van der Waals surface area contributed by atoms with Gasteiger partial charge >= 0.3 is 0 Å². The van der Waals surface area contributed by atoms with E-state index in [0.717, 1.165) is 12.0 Å². The highest BCUT2D eigenvalue weighted by Gasteiger charge is 2.36. The van der Waals surface area contributed by atoms with Gasteiger partial charge in [0.05, 0.1) is 0 Å². The Balaban J connectivity index is 1.93. The number of hydrogen-bond donors (Lipinski definition) is 0. The average Bonchev–Trinajstić information content (AvgIpc) is 1.89. The molecule has 1 heterocycles. The van der Waals surface area contributed by atoms with Crippen LogP contribution in [0.2, 0.25) is 0 Å². The van der Waals surface area contributed by atoms with Crippen LogP contribution in [0.25, 0.3) is 0 Å². The second kappa shape index (κ2) is 3.27. The molecule has 1 saturated carbocycles. The van der Waals surface area contributed by atoms with Crippen molar-refractivity contribution in [1.82, 2.24) is 4.90 Å². The maximum Gasteiger partial charge on any atom is 0.0121 e. The van der Waals surface area contributed by atoms with Crippen molar-refractivity contribution in [1.29, 1.82) is 0 Å². The van der Waals surface area contributed by atoms with Crippen LogP contribution in [0.15, 0.2) is 0 Å². The quantitative estimate of drug-likeness (QED) is 0.601. The zero-order chi connectivity index (χ0) is 9.47. The molecule has 0 aromatic rings. The van der Waals surface area contributed by atoms with Crippen LogP contribution >= 0.6 is 0 Å². The molecule has 0 aromatic carbocycles. The van der Waals surface area contributed by atoms with E-state index < -0.39 is 0 Å². The third-order valence-corrected chi connectivity index (χ3v) is 4.01. The van der Waals surface area contributed by atoms with Crippen LogP contribution in [-0.2, 0) is 0 Å². The maximum absolute atomic E-state index is 2.69. The molecule has 1 saturated heterocycles. The fraction of sp³-hybridized carbons (Fsp3) is 1.00. The van der Waals surface area contributed by atoms with Crippen LogP contribution in [0.4, 0.5) is 0 Å². The first-order chi connectivity index (χ1) is 6.08. The Morgan fingerprint density at radius 1 is 1.23 bits per heavy atom. The summed E-state index contributed by atoms with van der Waals surface area (Å²) in [4.78, 5) is 2.69. The molecule has 0 aromatic heterocycles. The molecule has 1 aliphatic heterocycles. The Morgan fingerprint density at radius 2 is 1.92 bits per heavy atom. The number of nitrogens with zero attached hydrogens (tertiary/aromatic N) is 1. The lowest BCUT2D eigenvalue weighted by Gasteiger charge is -2.47. The van der Waals surface area contributed by atoms with Gasteiger partial charge in [0, 0.05) is 6.04 Å². The van der Waals surface area contributed by atoms with Gasteiger partial charge in [-0.25, -0.2) is 0 Å². The molecular formula is C12H23N. The van der Waals surface area contributed by atoms with Crippen molar-refractivity contribution in [2.24, 2.45) is 11.3 Å². The molecular weight excluding hydrogens is 158 g/mol. The molecule has 1 aliphatic carbocycles. The fourth-order valence-electron chi connectivity index (χ4n) is 3.15. The predicted molar refractivity (Wildman–Crippen MR) is 56.8 cm³/mol. The molecule has 13 heavy (non-hydrogen) atoms. The van der Waals surface area contributed by atoms with Crippen LogP contribution in [0.5, 0.6) is 0 Å². The minimum atomic E-state index is 0.612.